The van der Waals surface area contributed by atoms with Crippen LogP contribution in [0.3, 0.4) is 0 Å². The monoisotopic (exact) mass is 247 g/mol. The molecule has 96 valence electrons. The second kappa shape index (κ2) is 5.23. The third kappa shape index (κ3) is 2.39. The molecule has 5 nitrogen and oxygen atoms in total. The van der Waals surface area contributed by atoms with E-state index in [1.165, 1.54) is 0 Å². The van der Waals surface area contributed by atoms with Crippen LogP contribution in [0, 0.1) is 25.2 Å². The Hall–Kier alpha value is -1.80. The molecule has 1 fully saturated rings. The van der Waals surface area contributed by atoms with Crippen molar-refractivity contribution < 1.29 is 9.53 Å². The number of aryl methyl sites for hydroxylation is 2. The number of hydrogen-bond acceptors (Lipinski definition) is 3. The van der Waals surface area contributed by atoms with Gasteiger partial charge in [-0.1, -0.05) is 0 Å². The predicted octanol–water partition coefficient (Wildman–Crippen LogP) is 0.835. The zero-order chi connectivity index (χ0) is 13.1. The van der Waals surface area contributed by atoms with E-state index in [2.05, 4.69) is 6.07 Å². The number of nitriles is 1. The normalized spacial score (nSPS) is 15.5. The molecule has 1 saturated heterocycles. The summed E-state index contributed by atoms with van der Waals surface area (Å²) in [5.41, 5.74) is 2.45. The Bertz CT molecular complexity index is 493. The Morgan fingerprint density at radius 2 is 2.11 bits per heavy atom. The highest BCUT2D eigenvalue weighted by Crippen LogP contribution is 2.14. The predicted molar refractivity (Wildman–Crippen MR) is 66.0 cm³/mol. The Labute approximate surface area is 107 Å². The standard InChI is InChI=1S/C13H17N3O2/c1-10-7-11(2)16(12(10)8-14)9-13(17)15-3-5-18-6-4-15/h7H,3-6,9H2,1-2H3. The van der Waals surface area contributed by atoms with Gasteiger partial charge in [-0.2, -0.15) is 5.26 Å². The van der Waals surface area contributed by atoms with E-state index in [1.807, 2.05) is 19.9 Å². The van der Waals surface area contributed by atoms with Crippen LogP contribution in [0.4, 0.5) is 0 Å². The average molecular weight is 247 g/mol. The number of ether oxygens (including phenoxy) is 1. The first-order chi connectivity index (χ1) is 8.63. The van der Waals surface area contributed by atoms with Crippen molar-refractivity contribution in [2.45, 2.75) is 20.4 Å². The van der Waals surface area contributed by atoms with Crippen LogP contribution in [0.25, 0.3) is 0 Å². The number of nitrogens with zero attached hydrogens (tertiary/aromatic N) is 3. The Kier molecular flexibility index (Phi) is 3.68. The molecule has 1 aromatic heterocycles. The van der Waals surface area contributed by atoms with Gasteiger partial charge in [0.25, 0.3) is 0 Å². The summed E-state index contributed by atoms with van der Waals surface area (Å²) in [6.45, 7) is 6.52. The molecule has 1 aromatic rings. The van der Waals surface area contributed by atoms with Crippen LogP contribution < -0.4 is 0 Å². The molecule has 1 aliphatic heterocycles. The molecule has 5 heteroatoms. The first-order valence-corrected chi connectivity index (χ1v) is 6.06. The summed E-state index contributed by atoms with van der Waals surface area (Å²) in [6.07, 6.45) is 0. The van der Waals surface area contributed by atoms with Crippen molar-refractivity contribution in [2.75, 3.05) is 26.3 Å². The summed E-state index contributed by atoms with van der Waals surface area (Å²) in [5.74, 6) is 0.0495. The molecule has 18 heavy (non-hydrogen) atoms. The summed E-state index contributed by atoms with van der Waals surface area (Å²) in [7, 11) is 0. The molecule has 2 heterocycles. The Morgan fingerprint density at radius 3 is 2.72 bits per heavy atom. The minimum absolute atomic E-state index is 0.0495. The molecule has 2 rings (SSSR count). The van der Waals surface area contributed by atoms with Crippen LogP contribution in [-0.2, 0) is 16.1 Å². The smallest absolute Gasteiger partial charge is 0.242 e. The number of amides is 1. The summed E-state index contributed by atoms with van der Waals surface area (Å²) in [4.78, 5) is 13.9. The highest BCUT2D eigenvalue weighted by Gasteiger charge is 2.19. The Morgan fingerprint density at radius 1 is 1.44 bits per heavy atom. The van der Waals surface area contributed by atoms with Gasteiger partial charge in [0.2, 0.25) is 5.91 Å². The SMILES string of the molecule is Cc1cc(C)n(CC(=O)N2CCOCC2)c1C#N. The van der Waals surface area contributed by atoms with E-state index in [0.29, 0.717) is 32.0 Å². The molecule has 0 aliphatic carbocycles. The van der Waals surface area contributed by atoms with Gasteiger partial charge in [-0.25, -0.2) is 0 Å². The number of carbonyl (C=O) groups is 1. The van der Waals surface area contributed by atoms with Crippen molar-refractivity contribution in [2.24, 2.45) is 0 Å². The summed E-state index contributed by atoms with van der Waals surface area (Å²) in [6, 6.07) is 4.10. The number of hydrogen-bond donors (Lipinski definition) is 0. The highest BCUT2D eigenvalue weighted by atomic mass is 16.5. The van der Waals surface area contributed by atoms with Crippen molar-refractivity contribution in [3.05, 3.63) is 23.0 Å². The second-order valence-electron chi connectivity index (χ2n) is 4.51. The zero-order valence-corrected chi connectivity index (χ0v) is 10.8. The van der Waals surface area contributed by atoms with Gasteiger partial charge < -0.3 is 14.2 Å². The fourth-order valence-electron chi connectivity index (χ4n) is 2.25. The van der Waals surface area contributed by atoms with E-state index in [9.17, 15) is 4.79 Å². The lowest BCUT2D eigenvalue weighted by atomic mass is 10.3. The molecule has 0 N–H and O–H groups in total. The third-order valence-corrected chi connectivity index (χ3v) is 3.26. The molecule has 0 saturated carbocycles. The molecule has 0 bridgehead atoms. The molecule has 0 atom stereocenters. The molecule has 1 amide bonds. The summed E-state index contributed by atoms with van der Waals surface area (Å²) in [5, 5.41) is 9.12. The molecular weight excluding hydrogens is 230 g/mol. The zero-order valence-electron chi connectivity index (χ0n) is 10.8. The van der Waals surface area contributed by atoms with Gasteiger partial charge in [0.1, 0.15) is 18.3 Å². The molecule has 0 unspecified atom stereocenters. The maximum absolute atomic E-state index is 12.1. The fraction of sp³-hybridized carbons (Fsp3) is 0.538. The van der Waals surface area contributed by atoms with Crippen molar-refractivity contribution in [3.63, 3.8) is 0 Å². The van der Waals surface area contributed by atoms with Crippen molar-refractivity contribution in [1.82, 2.24) is 9.47 Å². The summed E-state index contributed by atoms with van der Waals surface area (Å²) < 4.78 is 7.00. The molecule has 0 spiro atoms. The quantitative estimate of drug-likeness (QED) is 0.778. The highest BCUT2D eigenvalue weighted by molar-refractivity contribution is 5.76. The van der Waals surface area contributed by atoms with E-state index >= 15 is 0 Å². The molecule has 1 aliphatic rings. The van der Waals surface area contributed by atoms with Gasteiger partial charge in [0.15, 0.2) is 0 Å². The van der Waals surface area contributed by atoms with Crippen LogP contribution in [0.1, 0.15) is 17.0 Å². The lowest BCUT2D eigenvalue weighted by molar-refractivity contribution is -0.135. The lowest BCUT2D eigenvalue weighted by Gasteiger charge is -2.27. The minimum Gasteiger partial charge on any atom is -0.378 e. The van der Waals surface area contributed by atoms with E-state index < -0.39 is 0 Å². The third-order valence-electron chi connectivity index (χ3n) is 3.26. The molecular formula is C13H17N3O2. The Balaban J connectivity index is 2.14. The maximum Gasteiger partial charge on any atom is 0.242 e. The molecule has 0 radical (unpaired) electrons. The van der Waals surface area contributed by atoms with E-state index in [1.54, 1.807) is 9.47 Å². The lowest BCUT2D eigenvalue weighted by Crippen LogP contribution is -2.42. The fourth-order valence-corrected chi connectivity index (χ4v) is 2.25. The number of aromatic nitrogens is 1. The van der Waals surface area contributed by atoms with Gasteiger partial charge in [0.05, 0.1) is 13.2 Å². The van der Waals surface area contributed by atoms with Gasteiger partial charge in [-0.05, 0) is 25.5 Å². The van der Waals surface area contributed by atoms with E-state index in [-0.39, 0.29) is 12.5 Å². The second-order valence-corrected chi connectivity index (χ2v) is 4.51. The van der Waals surface area contributed by atoms with Crippen LogP contribution in [0.15, 0.2) is 6.07 Å². The summed E-state index contributed by atoms with van der Waals surface area (Å²) >= 11 is 0. The maximum atomic E-state index is 12.1. The van der Waals surface area contributed by atoms with Crippen molar-refractivity contribution in [1.29, 1.82) is 5.26 Å². The number of carbonyl (C=O) groups excluding carboxylic acids is 1. The van der Waals surface area contributed by atoms with Gasteiger partial charge in [-0.15, -0.1) is 0 Å². The van der Waals surface area contributed by atoms with Crippen molar-refractivity contribution in [3.8, 4) is 6.07 Å². The average Bonchev–Trinajstić information content (AvgIpc) is 2.64. The largest absolute Gasteiger partial charge is 0.378 e. The first-order valence-electron chi connectivity index (χ1n) is 6.06. The van der Waals surface area contributed by atoms with Crippen LogP contribution in [0.5, 0.6) is 0 Å². The first kappa shape index (κ1) is 12.7. The number of rotatable bonds is 2. The van der Waals surface area contributed by atoms with E-state index in [0.717, 1.165) is 11.3 Å². The van der Waals surface area contributed by atoms with Gasteiger partial charge in [0, 0.05) is 18.8 Å². The van der Waals surface area contributed by atoms with Gasteiger partial charge in [-0.3, -0.25) is 4.79 Å². The molecule has 0 aromatic carbocycles. The topological polar surface area (TPSA) is 58.3 Å². The van der Waals surface area contributed by atoms with Crippen molar-refractivity contribution >= 4 is 5.91 Å². The minimum atomic E-state index is 0.0495. The van der Waals surface area contributed by atoms with E-state index in [4.69, 9.17) is 10.00 Å². The number of morpholine rings is 1. The van der Waals surface area contributed by atoms with Crippen LogP contribution >= 0.6 is 0 Å². The van der Waals surface area contributed by atoms with Gasteiger partial charge >= 0.3 is 0 Å². The van der Waals surface area contributed by atoms with Crippen LogP contribution in [0.2, 0.25) is 0 Å². The van der Waals surface area contributed by atoms with Crippen LogP contribution in [-0.4, -0.2) is 41.7 Å².